The number of rotatable bonds is 8. The first-order valence-electron chi connectivity index (χ1n) is 10.2. The summed E-state index contributed by atoms with van der Waals surface area (Å²) in [6.07, 6.45) is 3.12. The first-order valence-corrected chi connectivity index (χ1v) is 13.1. The molecule has 4 rings (SSSR count). The quantitative estimate of drug-likeness (QED) is 0.150. The maximum Gasteiger partial charge on any atom is 1.00 e. The Bertz CT molecular complexity index is 1010. The molecule has 0 spiro atoms. The summed E-state index contributed by atoms with van der Waals surface area (Å²) >= 11 is 3.90. The summed E-state index contributed by atoms with van der Waals surface area (Å²) in [5.41, 5.74) is 5.59. The second-order valence-electron chi connectivity index (χ2n) is 7.41. The Morgan fingerprint density at radius 2 is 2.26 bits per heavy atom. The number of β-lactam (4-membered cyclic amide) rings is 1. The predicted molar refractivity (Wildman–Crippen MR) is 123 cm³/mol. The van der Waals surface area contributed by atoms with Gasteiger partial charge in [0.25, 0.3) is 11.8 Å². The van der Waals surface area contributed by atoms with Crippen molar-refractivity contribution in [1.29, 1.82) is 0 Å². The molecule has 2 fully saturated rings. The van der Waals surface area contributed by atoms with Gasteiger partial charge < -0.3 is 30.5 Å². The number of carboxylic acids is 1. The summed E-state index contributed by atoms with van der Waals surface area (Å²) in [6, 6.07) is -0.914. The van der Waals surface area contributed by atoms with Crippen LogP contribution in [0.2, 0.25) is 0 Å². The van der Waals surface area contributed by atoms with Gasteiger partial charge in [0.05, 0.1) is 17.8 Å². The van der Waals surface area contributed by atoms with Gasteiger partial charge in [0.1, 0.15) is 24.2 Å². The van der Waals surface area contributed by atoms with E-state index in [1.165, 1.54) is 35.5 Å². The van der Waals surface area contributed by atoms with Gasteiger partial charge in [-0.05, 0) is 19.3 Å². The van der Waals surface area contributed by atoms with Crippen LogP contribution in [0.25, 0.3) is 0 Å². The van der Waals surface area contributed by atoms with Gasteiger partial charge >= 0.3 is 29.6 Å². The van der Waals surface area contributed by atoms with Crippen LogP contribution >= 0.6 is 34.9 Å². The number of carboxylic acid groups (broad SMARTS) is 1. The number of nitrogen functional groups attached to an aromatic ring is 1. The van der Waals surface area contributed by atoms with Crippen LogP contribution in [0.1, 0.15) is 25.0 Å². The number of hydrogen-bond donors (Lipinski definition) is 2. The number of nitrogens with zero attached hydrogens (tertiary/aromatic N) is 3. The number of anilines is 1. The van der Waals surface area contributed by atoms with Gasteiger partial charge in [-0.3, -0.25) is 14.5 Å². The number of aliphatic carboxylic acids is 1. The second kappa shape index (κ2) is 12.1. The Labute approximate surface area is 230 Å². The number of ether oxygens (including phenoxy) is 1. The molecule has 0 saturated carbocycles. The molecule has 2 saturated heterocycles. The van der Waals surface area contributed by atoms with Gasteiger partial charge in [-0.1, -0.05) is 5.16 Å². The van der Waals surface area contributed by atoms with Crippen molar-refractivity contribution in [2.75, 3.05) is 31.0 Å². The van der Waals surface area contributed by atoms with E-state index >= 15 is 0 Å². The predicted octanol–water partition coefficient (Wildman–Crippen LogP) is -3.26. The van der Waals surface area contributed by atoms with Crippen LogP contribution in [0.3, 0.4) is 0 Å². The number of hydrogen-bond acceptors (Lipinski definition) is 12. The van der Waals surface area contributed by atoms with Crippen molar-refractivity contribution in [3.63, 3.8) is 0 Å². The first kappa shape index (κ1) is 27.3. The molecule has 3 aliphatic heterocycles. The summed E-state index contributed by atoms with van der Waals surface area (Å²) < 4.78 is 5.71. The third kappa shape index (κ3) is 5.74. The summed E-state index contributed by atoms with van der Waals surface area (Å²) in [5, 5.41) is 19.5. The molecule has 34 heavy (non-hydrogen) atoms. The third-order valence-corrected chi connectivity index (χ3v) is 8.65. The molecule has 3 unspecified atom stereocenters. The molecule has 3 atom stereocenters. The molecule has 3 N–H and O–H groups in total. The van der Waals surface area contributed by atoms with Gasteiger partial charge in [0.2, 0.25) is 0 Å². The zero-order chi connectivity index (χ0) is 23.5. The van der Waals surface area contributed by atoms with Crippen LogP contribution in [0, 0.1) is 0 Å². The van der Waals surface area contributed by atoms with Gasteiger partial charge in [0.15, 0.2) is 10.8 Å². The topological polar surface area (TPSA) is 159 Å². The maximum absolute atomic E-state index is 12.9. The van der Waals surface area contributed by atoms with Crippen molar-refractivity contribution in [1.82, 2.24) is 15.2 Å². The smallest absolute Gasteiger partial charge is 0.543 e. The molecule has 0 aromatic carbocycles. The Balaban J connectivity index is 0.00000324. The minimum absolute atomic E-state index is 0. The van der Waals surface area contributed by atoms with E-state index < -0.39 is 29.2 Å². The van der Waals surface area contributed by atoms with E-state index in [2.05, 4.69) is 15.5 Å². The SMILES string of the molecule is CO/N=C(\C(=O)NC1C(=O)N2C(C(=O)[O-])=C(SCC3CCCCO3)CSC12)c1csc(N)n1.[Na+]. The molecule has 1 aromatic heterocycles. The fourth-order valence-electron chi connectivity index (χ4n) is 3.73. The first-order chi connectivity index (χ1) is 15.9. The molecular formula is C19H22N5NaO6S3. The minimum atomic E-state index is -1.41. The van der Waals surface area contributed by atoms with Crippen molar-refractivity contribution < 1.29 is 58.6 Å². The Kier molecular flexibility index (Phi) is 9.72. The van der Waals surface area contributed by atoms with E-state index in [1.807, 2.05) is 0 Å². The zero-order valence-electron chi connectivity index (χ0n) is 18.6. The summed E-state index contributed by atoms with van der Waals surface area (Å²) in [5.74, 6) is -1.60. The third-order valence-electron chi connectivity index (χ3n) is 5.29. The average molecular weight is 536 g/mol. The van der Waals surface area contributed by atoms with Crippen LogP contribution in [0.15, 0.2) is 21.1 Å². The van der Waals surface area contributed by atoms with Crippen molar-refractivity contribution in [3.05, 3.63) is 21.7 Å². The van der Waals surface area contributed by atoms with E-state index in [-0.39, 0.29) is 57.9 Å². The Hall–Kier alpha value is -1.29. The van der Waals surface area contributed by atoms with Crippen molar-refractivity contribution in [2.45, 2.75) is 36.8 Å². The number of aromatic nitrogens is 1. The molecule has 0 bridgehead atoms. The minimum Gasteiger partial charge on any atom is -0.543 e. The fraction of sp³-hybridized carbons (Fsp3) is 0.526. The maximum atomic E-state index is 12.9. The van der Waals surface area contributed by atoms with Crippen LogP contribution in [-0.4, -0.2) is 76.1 Å². The summed E-state index contributed by atoms with van der Waals surface area (Å²) in [6.45, 7) is 0.711. The summed E-state index contributed by atoms with van der Waals surface area (Å²) in [4.78, 5) is 48.1. The standard InChI is InChI=1S/C19H23N5O6S3.Na/c1-29-23-12(10-7-33-19(20)21-10)15(25)22-13-16(26)24-14(18(27)28)11(8-32-17(13)24)31-6-9-4-2-3-5-30-9;/h7,9,13,17H,2-6,8H2,1H3,(H2,20,21)(H,22,25)(H,27,28);/q;+1/p-1/b23-12-;. The fourth-order valence-corrected chi connectivity index (χ4v) is 6.97. The van der Waals surface area contributed by atoms with E-state index in [4.69, 9.17) is 15.3 Å². The molecule has 11 nitrogen and oxygen atoms in total. The molecule has 2 amide bonds. The number of nitrogens with one attached hydrogen (secondary N) is 1. The van der Waals surface area contributed by atoms with Gasteiger partial charge in [-0.25, -0.2) is 4.98 Å². The molecule has 3 aliphatic rings. The van der Waals surface area contributed by atoms with Crippen LogP contribution in [0.5, 0.6) is 0 Å². The number of nitrogens with two attached hydrogens (primary N) is 1. The van der Waals surface area contributed by atoms with E-state index in [9.17, 15) is 19.5 Å². The Morgan fingerprint density at radius 3 is 2.88 bits per heavy atom. The monoisotopic (exact) mass is 535 g/mol. The van der Waals surface area contributed by atoms with Gasteiger partial charge in [-0.2, -0.15) is 0 Å². The van der Waals surface area contributed by atoms with E-state index in [1.54, 1.807) is 5.38 Å². The molecular weight excluding hydrogens is 513 g/mol. The zero-order valence-corrected chi connectivity index (χ0v) is 23.1. The molecule has 15 heteroatoms. The van der Waals surface area contributed by atoms with Gasteiger partial charge in [-0.15, -0.1) is 34.9 Å². The number of amides is 2. The van der Waals surface area contributed by atoms with Gasteiger partial charge in [0, 0.05) is 28.4 Å². The van der Waals surface area contributed by atoms with Crippen molar-refractivity contribution in [3.8, 4) is 0 Å². The van der Waals surface area contributed by atoms with E-state index in [0.29, 0.717) is 23.0 Å². The molecule has 0 aliphatic carbocycles. The number of carbonyl (C=O) groups is 3. The molecule has 178 valence electrons. The Morgan fingerprint density at radius 1 is 1.47 bits per heavy atom. The largest absolute Gasteiger partial charge is 1.00 e. The second-order valence-corrected chi connectivity index (χ2v) is 10.5. The normalized spacial score (nSPS) is 24.6. The van der Waals surface area contributed by atoms with Crippen molar-refractivity contribution in [2.24, 2.45) is 5.16 Å². The molecule has 1 aromatic rings. The number of thiazole rings is 1. The molecule has 0 radical (unpaired) electrons. The average Bonchev–Trinajstić information content (AvgIpc) is 3.25. The number of oxime groups is 1. The summed E-state index contributed by atoms with van der Waals surface area (Å²) in [7, 11) is 1.28. The molecule has 4 heterocycles. The number of carbonyl (C=O) groups excluding carboxylic acids is 3. The van der Waals surface area contributed by atoms with Crippen LogP contribution < -0.4 is 45.7 Å². The van der Waals surface area contributed by atoms with E-state index in [0.717, 1.165) is 30.6 Å². The number of fused-ring (bicyclic) bond motifs is 1. The van der Waals surface area contributed by atoms with Crippen molar-refractivity contribution >= 4 is 63.5 Å². The van der Waals surface area contributed by atoms with Crippen LogP contribution in [0.4, 0.5) is 5.13 Å². The number of thioether (sulfide) groups is 2. The van der Waals surface area contributed by atoms with Crippen LogP contribution in [-0.2, 0) is 24.0 Å².